The fourth-order valence-corrected chi connectivity index (χ4v) is 2.13. The van der Waals surface area contributed by atoms with Crippen LogP contribution in [0.4, 0.5) is 11.6 Å². The van der Waals surface area contributed by atoms with Gasteiger partial charge in [-0.1, -0.05) is 6.07 Å². The van der Waals surface area contributed by atoms with Crippen molar-refractivity contribution < 1.29 is 4.74 Å². The van der Waals surface area contributed by atoms with Gasteiger partial charge in [-0.3, -0.25) is 9.97 Å². The van der Waals surface area contributed by atoms with E-state index in [0.29, 0.717) is 18.2 Å². The molecule has 0 saturated carbocycles. The molecule has 0 saturated heterocycles. The molecule has 23 heavy (non-hydrogen) atoms. The maximum atomic E-state index is 5.70. The molecule has 1 N–H and O–H groups in total. The summed E-state index contributed by atoms with van der Waals surface area (Å²) in [7, 11) is 0. The molecule has 3 heterocycles. The molecular weight excluding hydrogens is 290 g/mol. The van der Waals surface area contributed by atoms with E-state index in [9.17, 15) is 0 Å². The van der Waals surface area contributed by atoms with Gasteiger partial charge in [-0.05, 0) is 32.0 Å². The van der Waals surface area contributed by atoms with Crippen LogP contribution in [-0.4, -0.2) is 26.5 Å². The molecular formula is C17H17N5O. The normalized spacial score (nSPS) is 10.3. The van der Waals surface area contributed by atoms with Gasteiger partial charge < -0.3 is 10.1 Å². The first-order chi connectivity index (χ1) is 11.3. The standard InChI is InChI=1S/C17H17N5O/c1-3-23-15-9-13(14-11-18-7-8-19-14)10-20-17(15)22-16-6-4-5-12(2)21-16/h4-11H,3H2,1-2H3,(H,20,21,22). The number of pyridine rings is 2. The molecule has 0 atom stereocenters. The van der Waals surface area contributed by atoms with Gasteiger partial charge in [0.05, 0.1) is 18.5 Å². The van der Waals surface area contributed by atoms with E-state index in [0.717, 1.165) is 22.8 Å². The Hall–Kier alpha value is -3.02. The zero-order valence-electron chi connectivity index (χ0n) is 13.0. The highest BCUT2D eigenvalue weighted by Gasteiger charge is 2.10. The van der Waals surface area contributed by atoms with Crippen molar-refractivity contribution in [3.63, 3.8) is 0 Å². The van der Waals surface area contributed by atoms with Crippen molar-refractivity contribution in [1.82, 2.24) is 19.9 Å². The molecule has 3 rings (SSSR count). The van der Waals surface area contributed by atoms with Crippen LogP contribution in [0.1, 0.15) is 12.6 Å². The summed E-state index contributed by atoms with van der Waals surface area (Å²) in [4.78, 5) is 17.2. The second-order valence-corrected chi connectivity index (χ2v) is 4.88. The number of aryl methyl sites for hydroxylation is 1. The molecule has 0 bridgehead atoms. The van der Waals surface area contributed by atoms with Gasteiger partial charge >= 0.3 is 0 Å². The van der Waals surface area contributed by atoms with Crippen LogP contribution in [0.15, 0.2) is 49.1 Å². The van der Waals surface area contributed by atoms with Gasteiger partial charge in [-0.15, -0.1) is 0 Å². The third-order valence-corrected chi connectivity index (χ3v) is 3.15. The number of ether oxygens (including phenoxy) is 1. The maximum Gasteiger partial charge on any atom is 0.174 e. The van der Waals surface area contributed by atoms with Crippen LogP contribution in [0.3, 0.4) is 0 Å². The minimum atomic E-state index is 0.543. The van der Waals surface area contributed by atoms with Crippen LogP contribution >= 0.6 is 0 Å². The molecule has 0 fully saturated rings. The van der Waals surface area contributed by atoms with Crippen LogP contribution in [0.5, 0.6) is 5.75 Å². The number of hydrogen-bond donors (Lipinski definition) is 1. The molecule has 6 heteroatoms. The van der Waals surface area contributed by atoms with Crippen LogP contribution in [0, 0.1) is 6.92 Å². The molecule has 0 aliphatic rings. The number of aromatic nitrogens is 4. The van der Waals surface area contributed by atoms with E-state index in [-0.39, 0.29) is 0 Å². The molecule has 0 spiro atoms. The molecule has 0 radical (unpaired) electrons. The number of anilines is 2. The summed E-state index contributed by atoms with van der Waals surface area (Å²) in [6.07, 6.45) is 6.73. The van der Waals surface area contributed by atoms with Gasteiger partial charge in [0.1, 0.15) is 5.82 Å². The van der Waals surface area contributed by atoms with E-state index in [1.165, 1.54) is 0 Å². The second kappa shape index (κ2) is 6.83. The zero-order valence-corrected chi connectivity index (χ0v) is 13.0. The number of hydrogen-bond acceptors (Lipinski definition) is 6. The summed E-state index contributed by atoms with van der Waals surface area (Å²) >= 11 is 0. The van der Waals surface area contributed by atoms with E-state index in [1.54, 1.807) is 24.8 Å². The summed E-state index contributed by atoms with van der Waals surface area (Å²) in [6.45, 7) is 4.42. The highest BCUT2D eigenvalue weighted by molar-refractivity contribution is 5.67. The molecule has 116 valence electrons. The molecule has 0 aliphatic heterocycles. The third kappa shape index (κ3) is 3.60. The monoisotopic (exact) mass is 307 g/mol. The fraction of sp³-hybridized carbons (Fsp3) is 0.176. The van der Waals surface area contributed by atoms with E-state index in [2.05, 4.69) is 25.3 Å². The summed E-state index contributed by atoms with van der Waals surface area (Å²) in [5, 5.41) is 3.19. The molecule has 0 unspecified atom stereocenters. The first kappa shape index (κ1) is 14.9. The van der Waals surface area contributed by atoms with Gasteiger partial charge in [-0.25, -0.2) is 9.97 Å². The van der Waals surface area contributed by atoms with Crippen molar-refractivity contribution in [3.05, 3.63) is 54.7 Å². The average Bonchev–Trinajstić information content (AvgIpc) is 2.57. The lowest BCUT2D eigenvalue weighted by molar-refractivity contribution is 0.341. The van der Waals surface area contributed by atoms with Gasteiger partial charge in [0.25, 0.3) is 0 Å². The predicted molar refractivity (Wildman–Crippen MR) is 88.7 cm³/mol. The van der Waals surface area contributed by atoms with E-state index in [1.807, 2.05) is 38.1 Å². The molecule has 6 nitrogen and oxygen atoms in total. The van der Waals surface area contributed by atoms with Gasteiger partial charge in [0.2, 0.25) is 0 Å². The van der Waals surface area contributed by atoms with Crippen LogP contribution in [0.2, 0.25) is 0 Å². The lowest BCUT2D eigenvalue weighted by Gasteiger charge is -2.12. The molecule has 0 aromatic carbocycles. The quantitative estimate of drug-likeness (QED) is 0.779. The van der Waals surface area contributed by atoms with Crippen molar-refractivity contribution in [3.8, 4) is 17.0 Å². The smallest absolute Gasteiger partial charge is 0.174 e. The Morgan fingerprint density at radius 1 is 1.13 bits per heavy atom. The number of nitrogens with zero attached hydrogens (tertiary/aromatic N) is 4. The molecule has 0 amide bonds. The highest BCUT2D eigenvalue weighted by Crippen LogP contribution is 2.29. The molecule has 0 aliphatic carbocycles. The summed E-state index contributed by atoms with van der Waals surface area (Å²) < 4.78 is 5.70. The Morgan fingerprint density at radius 2 is 2.04 bits per heavy atom. The summed E-state index contributed by atoms with van der Waals surface area (Å²) in [5.41, 5.74) is 2.54. The van der Waals surface area contributed by atoms with Gasteiger partial charge in [-0.2, -0.15) is 0 Å². The number of rotatable bonds is 5. The van der Waals surface area contributed by atoms with Crippen molar-refractivity contribution in [1.29, 1.82) is 0 Å². The Bertz CT molecular complexity index is 792. The third-order valence-electron chi connectivity index (χ3n) is 3.15. The zero-order chi connectivity index (χ0) is 16.1. The van der Waals surface area contributed by atoms with E-state index in [4.69, 9.17) is 4.74 Å². The van der Waals surface area contributed by atoms with Gasteiger partial charge in [0.15, 0.2) is 11.6 Å². The Morgan fingerprint density at radius 3 is 2.78 bits per heavy atom. The maximum absolute atomic E-state index is 5.70. The minimum absolute atomic E-state index is 0.543. The van der Waals surface area contributed by atoms with Crippen LogP contribution in [0.25, 0.3) is 11.3 Å². The lowest BCUT2D eigenvalue weighted by atomic mass is 10.2. The van der Waals surface area contributed by atoms with Gasteiger partial charge in [0, 0.05) is 29.8 Å². The highest BCUT2D eigenvalue weighted by atomic mass is 16.5. The first-order valence-corrected chi connectivity index (χ1v) is 7.36. The Kier molecular flexibility index (Phi) is 4.42. The summed E-state index contributed by atoms with van der Waals surface area (Å²) in [5.74, 6) is 2.00. The van der Waals surface area contributed by atoms with Crippen molar-refractivity contribution in [2.24, 2.45) is 0 Å². The lowest BCUT2D eigenvalue weighted by Crippen LogP contribution is -2.02. The predicted octanol–water partition coefficient (Wildman–Crippen LogP) is 3.38. The first-order valence-electron chi connectivity index (χ1n) is 7.36. The molecule has 3 aromatic heterocycles. The Balaban J connectivity index is 1.94. The van der Waals surface area contributed by atoms with Crippen LogP contribution < -0.4 is 10.1 Å². The molecule has 3 aromatic rings. The van der Waals surface area contributed by atoms with Crippen LogP contribution in [-0.2, 0) is 0 Å². The van der Waals surface area contributed by atoms with Crippen molar-refractivity contribution >= 4 is 11.6 Å². The van der Waals surface area contributed by atoms with Crippen molar-refractivity contribution in [2.75, 3.05) is 11.9 Å². The SMILES string of the molecule is CCOc1cc(-c2cnccn2)cnc1Nc1cccc(C)n1. The largest absolute Gasteiger partial charge is 0.490 e. The minimum Gasteiger partial charge on any atom is -0.490 e. The topological polar surface area (TPSA) is 72.8 Å². The summed E-state index contributed by atoms with van der Waals surface area (Å²) in [6, 6.07) is 7.68. The number of nitrogens with one attached hydrogen (secondary N) is 1. The Labute approximate surface area is 134 Å². The van der Waals surface area contributed by atoms with E-state index >= 15 is 0 Å². The second-order valence-electron chi connectivity index (χ2n) is 4.88. The average molecular weight is 307 g/mol. The van der Waals surface area contributed by atoms with E-state index < -0.39 is 0 Å². The fourth-order valence-electron chi connectivity index (χ4n) is 2.13. The van der Waals surface area contributed by atoms with Crippen molar-refractivity contribution in [2.45, 2.75) is 13.8 Å².